The Morgan fingerprint density at radius 2 is 1.88 bits per heavy atom. The Kier molecular flexibility index (Phi) is 2.92. The van der Waals surface area contributed by atoms with Crippen LogP contribution in [0.1, 0.15) is 19.4 Å². The molecule has 0 saturated carbocycles. The molecule has 0 aliphatic heterocycles. The zero-order valence-corrected chi connectivity index (χ0v) is 9.07. The van der Waals surface area contributed by atoms with Crippen LogP contribution in [0.3, 0.4) is 0 Å². The Morgan fingerprint density at radius 1 is 1.38 bits per heavy atom. The molecule has 0 heterocycles. The summed E-state index contributed by atoms with van der Waals surface area (Å²) in [6.07, 6.45) is 0. The number of benzene rings is 1. The third-order valence-corrected chi connectivity index (χ3v) is 2.60. The smallest absolute Gasteiger partial charge is 0.331 e. The first kappa shape index (κ1) is 12.4. The maximum atomic E-state index is 13.9. The summed E-state index contributed by atoms with van der Waals surface area (Å²) < 4.78 is 13.9. The van der Waals surface area contributed by atoms with E-state index in [4.69, 9.17) is 10.8 Å². The van der Waals surface area contributed by atoms with E-state index in [1.54, 1.807) is 0 Å². The van der Waals surface area contributed by atoms with Gasteiger partial charge in [0.1, 0.15) is 11.4 Å². The number of para-hydroxylation sites is 1. The van der Waals surface area contributed by atoms with Crippen LogP contribution in [0.2, 0.25) is 0 Å². The van der Waals surface area contributed by atoms with Crippen molar-refractivity contribution < 1.29 is 19.4 Å². The number of hydrogen-bond donors (Lipinski definition) is 3. The summed E-state index contributed by atoms with van der Waals surface area (Å²) in [7, 11) is 0. The number of phenols is 1. The SMILES string of the molecule is CC(C)(F)C(N)(C(=O)O)c1ccccc1O. The molecule has 0 bridgehead atoms. The fourth-order valence-corrected chi connectivity index (χ4v) is 1.50. The van der Waals surface area contributed by atoms with Gasteiger partial charge < -0.3 is 15.9 Å². The van der Waals surface area contributed by atoms with Gasteiger partial charge in [-0.25, -0.2) is 9.18 Å². The molecule has 0 aliphatic rings. The highest BCUT2D eigenvalue weighted by Crippen LogP contribution is 2.38. The Bertz CT molecular complexity index is 414. The van der Waals surface area contributed by atoms with Gasteiger partial charge in [-0.1, -0.05) is 18.2 Å². The number of alkyl halides is 1. The van der Waals surface area contributed by atoms with E-state index in [-0.39, 0.29) is 11.3 Å². The van der Waals surface area contributed by atoms with Gasteiger partial charge in [0.05, 0.1) is 0 Å². The predicted molar refractivity (Wildman–Crippen MR) is 56.8 cm³/mol. The average Bonchev–Trinajstić information content (AvgIpc) is 2.15. The van der Waals surface area contributed by atoms with Gasteiger partial charge in [-0.15, -0.1) is 0 Å². The second kappa shape index (κ2) is 3.75. The molecule has 0 aliphatic carbocycles. The molecule has 1 unspecified atom stereocenters. The fraction of sp³-hybridized carbons (Fsp3) is 0.364. The molecule has 88 valence electrons. The van der Waals surface area contributed by atoms with Crippen LogP contribution in [0, 0.1) is 0 Å². The highest BCUT2D eigenvalue weighted by molar-refractivity contribution is 5.83. The van der Waals surface area contributed by atoms with Crippen molar-refractivity contribution in [1.82, 2.24) is 0 Å². The van der Waals surface area contributed by atoms with E-state index in [2.05, 4.69) is 0 Å². The molecule has 16 heavy (non-hydrogen) atoms. The molecule has 1 atom stereocenters. The number of phenolic OH excluding ortho intramolecular Hbond substituents is 1. The molecular formula is C11H14FNO3. The Balaban J connectivity index is 3.46. The van der Waals surface area contributed by atoms with Crippen LogP contribution in [0.5, 0.6) is 5.75 Å². The molecule has 4 nitrogen and oxygen atoms in total. The highest BCUT2D eigenvalue weighted by atomic mass is 19.1. The molecule has 0 aromatic heterocycles. The van der Waals surface area contributed by atoms with Crippen molar-refractivity contribution in [2.75, 3.05) is 0 Å². The van der Waals surface area contributed by atoms with Gasteiger partial charge in [0.15, 0.2) is 5.54 Å². The minimum Gasteiger partial charge on any atom is -0.508 e. The van der Waals surface area contributed by atoms with E-state index in [9.17, 15) is 14.3 Å². The summed E-state index contributed by atoms with van der Waals surface area (Å²) in [5, 5.41) is 18.6. The first-order chi connectivity index (χ1) is 7.21. The molecule has 0 radical (unpaired) electrons. The third-order valence-electron chi connectivity index (χ3n) is 2.60. The summed E-state index contributed by atoms with van der Waals surface area (Å²) in [6.45, 7) is 2.13. The quantitative estimate of drug-likeness (QED) is 0.728. The van der Waals surface area contributed by atoms with Crippen LogP contribution < -0.4 is 5.73 Å². The van der Waals surface area contributed by atoms with Gasteiger partial charge in [-0.3, -0.25) is 0 Å². The van der Waals surface area contributed by atoms with E-state index < -0.39 is 17.2 Å². The number of rotatable bonds is 3. The monoisotopic (exact) mass is 227 g/mol. The summed E-state index contributed by atoms with van der Waals surface area (Å²) in [6, 6.07) is 5.56. The standard InChI is InChI=1S/C11H14FNO3/c1-10(2,12)11(13,9(15)16)7-5-3-4-6-8(7)14/h3-6,14H,13H2,1-2H3,(H,15,16). The van der Waals surface area contributed by atoms with Gasteiger partial charge in [0.2, 0.25) is 0 Å². The van der Waals surface area contributed by atoms with Crippen molar-refractivity contribution in [3.05, 3.63) is 29.8 Å². The van der Waals surface area contributed by atoms with Gasteiger partial charge >= 0.3 is 5.97 Å². The van der Waals surface area contributed by atoms with Crippen LogP contribution in [-0.4, -0.2) is 21.9 Å². The van der Waals surface area contributed by atoms with Crippen LogP contribution >= 0.6 is 0 Å². The van der Waals surface area contributed by atoms with Crippen molar-refractivity contribution >= 4 is 5.97 Å². The highest BCUT2D eigenvalue weighted by Gasteiger charge is 2.52. The first-order valence-electron chi connectivity index (χ1n) is 4.71. The molecule has 0 amide bonds. The third kappa shape index (κ3) is 1.74. The number of carbonyl (C=O) groups is 1. The summed E-state index contributed by atoms with van der Waals surface area (Å²) >= 11 is 0. The predicted octanol–water partition coefficient (Wildman–Crippen LogP) is 1.38. The van der Waals surface area contributed by atoms with Crippen LogP contribution in [0.25, 0.3) is 0 Å². The normalized spacial score (nSPS) is 15.5. The lowest BCUT2D eigenvalue weighted by Crippen LogP contribution is -2.57. The Morgan fingerprint density at radius 3 is 2.25 bits per heavy atom. The molecule has 1 rings (SSSR count). The molecule has 5 heteroatoms. The Hall–Kier alpha value is -1.62. The van der Waals surface area contributed by atoms with Gasteiger partial charge in [0, 0.05) is 5.56 Å². The molecule has 0 spiro atoms. The van der Waals surface area contributed by atoms with E-state index in [1.165, 1.54) is 24.3 Å². The van der Waals surface area contributed by atoms with E-state index >= 15 is 0 Å². The number of carboxylic acid groups (broad SMARTS) is 1. The topological polar surface area (TPSA) is 83.6 Å². The molecule has 0 saturated heterocycles. The van der Waals surface area contributed by atoms with Gasteiger partial charge in [-0.05, 0) is 19.9 Å². The number of hydrogen-bond acceptors (Lipinski definition) is 3. The van der Waals surface area contributed by atoms with Crippen molar-refractivity contribution in [3.8, 4) is 5.75 Å². The van der Waals surface area contributed by atoms with Crippen molar-refractivity contribution in [2.45, 2.75) is 25.1 Å². The lowest BCUT2D eigenvalue weighted by atomic mass is 9.78. The molecule has 1 aromatic rings. The van der Waals surface area contributed by atoms with Gasteiger partial charge in [0.25, 0.3) is 0 Å². The van der Waals surface area contributed by atoms with Crippen LogP contribution in [0.15, 0.2) is 24.3 Å². The van der Waals surface area contributed by atoms with Crippen LogP contribution in [-0.2, 0) is 10.3 Å². The maximum Gasteiger partial charge on any atom is 0.331 e. The number of aromatic hydroxyl groups is 1. The average molecular weight is 227 g/mol. The minimum atomic E-state index is -2.28. The lowest BCUT2D eigenvalue weighted by Gasteiger charge is -2.34. The maximum absolute atomic E-state index is 13.9. The van der Waals surface area contributed by atoms with Crippen molar-refractivity contribution in [2.24, 2.45) is 5.73 Å². The van der Waals surface area contributed by atoms with Gasteiger partial charge in [-0.2, -0.15) is 0 Å². The second-order valence-electron chi connectivity index (χ2n) is 4.10. The summed E-state index contributed by atoms with van der Waals surface area (Å²) in [5.74, 6) is -1.86. The molecule has 4 N–H and O–H groups in total. The van der Waals surface area contributed by atoms with Crippen molar-refractivity contribution in [3.63, 3.8) is 0 Å². The van der Waals surface area contributed by atoms with E-state index in [1.807, 2.05) is 0 Å². The largest absolute Gasteiger partial charge is 0.508 e. The zero-order valence-electron chi connectivity index (χ0n) is 9.07. The number of nitrogens with two attached hydrogens (primary N) is 1. The molecule has 0 fully saturated rings. The lowest BCUT2D eigenvalue weighted by molar-refractivity contribution is -0.149. The first-order valence-corrected chi connectivity index (χ1v) is 4.71. The second-order valence-corrected chi connectivity index (χ2v) is 4.10. The molecular weight excluding hydrogens is 213 g/mol. The number of aliphatic carboxylic acids is 1. The van der Waals surface area contributed by atoms with E-state index in [0.29, 0.717) is 0 Å². The Labute approximate surface area is 92.5 Å². The van der Waals surface area contributed by atoms with Crippen molar-refractivity contribution in [1.29, 1.82) is 0 Å². The number of halogens is 1. The zero-order chi connectivity index (χ0) is 12.6. The summed E-state index contributed by atoms with van der Waals surface area (Å²) in [4.78, 5) is 11.1. The van der Waals surface area contributed by atoms with E-state index in [0.717, 1.165) is 13.8 Å². The molecule has 1 aromatic carbocycles. The minimum absolute atomic E-state index is 0.144. The van der Waals surface area contributed by atoms with Crippen LogP contribution in [0.4, 0.5) is 4.39 Å². The fourth-order valence-electron chi connectivity index (χ4n) is 1.50. The number of carboxylic acids is 1. The summed E-state index contributed by atoms with van der Waals surface area (Å²) in [5.41, 5.74) is 0.972.